The van der Waals surface area contributed by atoms with E-state index in [2.05, 4.69) is 5.32 Å². The topological polar surface area (TPSA) is 38.3 Å². The van der Waals surface area contributed by atoms with Gasteiger partial charge in [-0.1, -0.05) is 11.6 Å². The van der Waals surface area contributed by atoms with E-state index in [0.29, 0.717) is 10.9 Å². The van der Waals surface area contributed by atoms with Gasteiger partial charge in [0.05, 0.1) is 4.34 Å². The summed E-state index contributed by atoms with van der Waals surface area (Å²) in [5.41, 5.74) is 1.03. The zero-order chi connectivity index (χ0) is 14.4. The van der Waals surface area contributed by atoms with Gasteiger partial charge in [-0.05, 0) is 40.6 Å². The summed E-state index contributed by atoms with van der Waals surface area (Å²) in [6.45, 7) is 0.417. The molecule has 2 heterocycles. The maximum Gasteiger partial charge on any atom is 0.244 e. The molecule has 1 amide bonds. The number of hydrogen-bond donors (Lipinski definition) is 1. The number of thiophene rings is 2. The second-order valence-electron chi connectivity index (χ2n) is 4.00. The van der Waals surface area contributed by atoms with Crippen LogP contribution in [-0.2, 0) is 9.53 Å². The van der Waals surface area contributed by atoms with Crippen LogP contribution in [0.2, 0.25) is 4.34 Å². The van der Waals surface area contributed by atoms with Crippen molar-refractivity contribution < 1.29 is 9.53 Å². The zero-order valence-corrected chi connectivity index (χ0v) is 13.2. The number of carbonyl (C=O) groups excluding carboxylic acids is 1. The number of hydrogen-bond acceptors (Lipinski definition) is 4. The van der Waals surface area contributed by atoms with Crippen molar-refractivity contribution in [3.05, 3.63) is 49.8 Å². The molecule has 1 atom stereocenters. The van der Waals surface area contributed by atoms with Crippen LogP contribution in [0.5, 0.6) is 0 Å². The van der Waals surface area contributed by atoms with Crippen molar-refractivity contribution in [2.75, 3.05) is 13.7 Å². The Morgan fingerprint density at radius 1 is 1.50 bits per heavy atom. The normalized spacial score (nSPS) is 12.7. The molecule has 0 saturated heterocycles. The van der Waals surface area contributed by atoms with Crippen LogP contribution in [0, 0.1) is 0 Å². The van der Waals surface area contributed by atoms with E-state index in [4.69, 9.17) is 16.3 Å². The molecule has 0 aliphatic carbocycles. The van der Waals surface area contributed by atoms with Crippen LogP contribution in [-0.4, -0.2) is 19.6 Å². The van der Waals surface area contributed by atoms with Crippen LogP contribution in [0.25, 0.3) is 6.08 Å². The van der Waals surface area contributed by atoms with Gasteiger partial charge < -0.3 is 10.1 Å². The first kappa shape index (κ1) is 15.3. The summed E-state index contributed by atoms with van der Waals surface area (Å²) >= 11 is 8.95. The lowest BCUT2D eigenvalue weighted by Crippen LogP contribution is -2.27. The SMILES string of the molecule is CO[C@H](CNC(=O)/C=C/c1ccsc1)c1ccc(Cl)s1. The highest BCUT2D eigenvalue weighted by molar-refractivity contribution is 7.16. The monoisotopic (exact) mass is 327 g/mol. The third-order valence-electron chi connectivity index (χ3n) is 2.63. The van der Waals surface area contributed by atoms with Gasteiger partial charge >= 0.3 is 0 Å². The van der Waals surface area contributed by atoms with Crippen molar-refractivity contribution in [2.45, 2.75) is 6.10 Å². The molecule has 2 aromatic heterocycles. The third kappa shape index (κ3) is 4.45. The molecule has 0 fully saturated rings. The molecule has 20 heavy (non-hydrogen) atoms. The van der Waals surface area contributed by atoms with E-state index >= 15 is 0 Å². The minimum atomic E-state index is -0.175. The Bertz CT molecular complexity index is 578. The Balaban J connectivity index is 1.85. The molecular formula is C14H14ClNO2S2. The van der Waals surface area contributed by atoms with Crippen LogP contribution in [0.4, 0.5) is 0 Å². The number of rotatable bonds is 6. The maximum atomic E-state index is 11.7. The van der Waals surface area contributed by atoms with Crippen LogP contribution < -0.4 is 5.32 Å². The van der Waals surface area contributed by atoms with Gasteiger partial charge in [0.2, 0.25) is 5.91 Å². The van der Waals surface area contributed by atoms with Crippen LogP contribution in [0.3, 0.4) is 0 Å². The summed E-state index contributed by atoms with van der Waals surface area (Å²) in [7, 11) is 1.62. The van der Waals surface area contributed by atoms with Gasteiger partial charge in [0.25, 0.3) is 0 Å². The molecule has 0 radical (unpaired) electrons. The van der Waals surface area contributed by atoms with Crippen molar-refractivity contribution in [2.24, 2.45) is 0 Å². The third-order valence-corrected chi connectivity index (χ3v) is 4.65. The number of methoxy groups -OCH3 is 1. The number of halogens is 1. The summed E-state index contributed by atoms with van der Waals surface area (Å²) in [6, 6.07) is 5.69. The molecule has 3 nitrogen and oxygen atoms in total. The van der Waals surface area contributed by atoms with E-state index < -0.39 is 0 Å². The molecule has 2 rings (SSSR count). The minimum absolute atomic E-state index is 0.138. The van der Waals surface area contributed by atoms with Gasteiger partial charge in [-0.3, -0.25) is 4.79 Å². The number of nitrogens with one attached hydrogen (secondary N) is 1. The van der Waals surface area contributed by atoms with Gasteiger partial charge in [-0.15, -0.1) is 11.3 Å². The standard InChI is InChI=1S/C14H14ClNO2S2/c1-18-11(12-3-4-13(15)20-12)8-16-14(17)5-2-10-6-7-19-9-10/h2-7,9,11H,8H2,1H3,(H,16,17)/b5-2+/t11-/m1/s1. The van der Waals surface area contributed by atoms with Gasteiger partial charge in [-0.2, -0.15) is 11.3 Å². The first-order valence-corrected chi connectivity index (χ1v) is 8.09. The van der Waals surface area contributed by atoms with Crippen molar-refractivity contribution in [3.8, 4) is 0 Å². The van der Waals surface area contributed by atoms with Crippen molar-refractivity contribution in [1.82, 2.24) is 5.32 Å². The molecule has 0 saturated carbocycles. The van der Waals surface area contributed by atoms with Crippen LogP contribution >= 0.6 is 34.3 Å². The summed E-state index contributed by atoms with van der Waals surface area (Å²) < 4.78 is 6.08. The Morgan fingerprint density at radius 2 is 2.35 bits per heavy atom. The smallest absolute Gasteiger partial charge is 0.244 e. The molecule has 0 unspecified atom stereocenters. The Morgan fingerprint density at radius 3 is 2.95 bits per heavy atom. The van der Waals surface area contributed by atoms with Gasteiger partial charge in [0, 0.05) is 24.6 Å². The molecule has 0 bridgehead atoms. The van der Waals surface area contributed by atoms with E-state index in [1.807, 2.05) is 29.0 Å². The van der Waals surface area contributed by atoms with Crippen LogP contribution in [0.1, 0.15) is 16.5 Å². The fourth-order valence-corrected chi connectivity index (χ4v) is 3.36. The number of carbonyl (C=O) groups is 1. The van der Waals surface area contributed by atoms with Gasteiger partial charge in [-0.25, -0.2) is 0 Å². The lowest BCUT2D eigenvalue weighted by atomic mass is 10.2. The van der Waals surface area contributed by atoms with Crippen LogP contribution in [0.15, 0.2) is 35.0 Å². The predicted octanol–water partition coefficient (Wildman–Crippen LogP) is 3.98. The average molecular weight is 328 g/mol. The Kier molecular flexibility index (Phi) is 5.79. The van der Waals surface area contributed by atoms with Crippen molar-refractivity contribution >= 4 is 46.3 Å². The Hall–Kier alpha value is -1.14. The summed E-state index contributed by atoms with van der Waals surface area (Å²) in [4.78, 5) is 12.7. The Labute approximate surface area is 130 Å². The maximum absolute atomic E-state index is 11.7. The van der Waals surface area contributed by atoms with E-state index in [1.165, 1.54) is 17.4 Å². The fraction of sp³-hybridized carbons (Fsp3) is 0.214. The minimum Gasteiger partial charge on any atom is -0.374 e. The number of amides is 1. The van der Waals surface area contributed by atoms with E-state index in [-0.39, 0.29) is 12.0 Å². The van der Waals surface area contributed by atoms with Gasteiger partial charge in [0.1, 0.15) is 6.10 Å². The number of ether oxygens (including phenoxy) is 1. The second-order valence-corrected chi connectivity index (χ2v) is 6.53. The lowest BCUT2D eigenvalue weighted by molar-refractivity contribution is -0.117. The molecule has 2 aromatic rings. The average Bonchev–Trinajstić information content (AvgIpc) is 3.09. The summed E-state index contributed by atoms with van der Waals surface area (Å²) in [5.74, 6) is -0.138. The van der Waals surface area contributed by atoms with Crippen molar-refractivity contribution in [3.63, 3.8) is 0 Å². The molecule has 6 heteroatoms. The van der Waals surface area contributed by atoms with E-state index in [0.717, 1.165) is 10.4 Å². The zero-order valence-electron chi connectivity index (χ0n) is 10.8. The van der Waals surface area contributed by atoms with Crippen molar-refractivity contribution in [1.29, 1.82) is 0 Å². The highest BCUT2D eigenvalue weighted by atomic mass is 35.5. The highest BCUT2D eigenvalue weighted by Gasteiger charge is 2.13. The molecule has 0 aliphatic rings. The fourth-order valence-electron chi connectivity index (χ4n) is 1.60. The molecular weight excluding hydrogens is 314 g/mol. The van der Waals surface area contributed by atoms with Gasteiger partial charge in [0.15, 0.2) is 0 Å². The second kappa shape index (κ2) is 7.59. The first-order valence-electron chi connectivity index (χ1n) is 5.95. The van der Waals surface area contributed by atoms with E-state index in [1.54, 1.807) is 24.5 Å². The first-order chi connectivity index (χ1) is 9.69. The molecule has 1 N–H and O–H groups in total. The molecule has 0 spiro atoms. The lowest BCUT2D eigenvalue weighted by Gasteiger charge is -2.13. The largest absolute Gasteiger partial charge is 0.374 e. The summed E-state index contributed by atoms with van der Waals surface area (Å²) in [5, 5.41) is 6.77. The molecule has 0 aromatic carbocycles. The molecule has 106 valence electrons. The summed E-state index contributed by atoms with van der Waals surface area (Å²) in [6.07, 6.45) is 3.14. The van der Waals surface area contributed by atoms with E-state index in [9.17, 15) is 4.79 Å². The quantitative estimate of drug-likeness (QED) is 0.815. The predicted molar refractivity (Wildman–Crippen MR) is 85.4 cm³/mol. The highest BCUT2D eigenvalue weighted by Crippen LogP contribution is 2.28. The molecule has 0 aliphatic heterocycles.